The fourth-order valence-electron chi connectivity index (χ4n) is 2.60. The molecular formula is C25H40O8. The van der Waals surface area contributed by atoms with Gasteiger partial charge >= 0.3 is 11.9 Å². The van der Waals surface area contributed by atoms with Gasteiger partial charge in [-0.1, -0.05) is 74.8 Å². The van der Waals surface area contributed by atoms with Gasteiger partial charge in [-0.2, -0.15) is 0 Å². The minimum Gasteiger partial charge on any atom is -0.463 e. The number of hydrogen-bond acceptors (Lipinski definition) is 8. The molecule has 0 rings (SSSR count). The predicted octanol–water partition coefficient (Wildman–Crippen LogP) is 2.51. The van der Waals surface area contributed by atoms with Crippen LogP contribution in [0.5, 0.6) is 0 Å². The third-order valence-electron chi connectivity index (χ3n) is 4.49. The van der Waals surface area contributed by atoms with Crippen LogP contribution < -0.4 is 0 Å². The van der Waals surface area contributed by atoms with Crippen molar-refractivity contribution in [3.63, 3.8) is 0 Å². The standard InChI is InChI=1S/C25H40O8/c1-3-4-9-13-21(27)14-10-7-5-6-8-11-15-23(29)24(30)16-12-17-25(31)33-19-22(28)18-32-20(2)26/h5-8,10-11,14-15,21-24,27-30H,3-4,9,12-13,16-19H2,1-2H3/b7-5-,8-6+,14-10+,15-11+/t21-,22+,23-,24-/m1/s1. The fourth-order valence-corrected chi connectivity index (χ4v) is 2.60. The van der Waals surface area contributed by atoms with Crippen LogP contribution in [-0.4, -0.2) is 70.0 Å². The Kier molecular flexibility index (Phi) is 19.0. The summed E-state index contributed by atoms with van der Waals surface area (Å²) in [5.74, 6) is -1.08. The highest BCUT2D eigenvalue weighted by atomic mass is 16.6. The summed E-state index contributed by atoms with van der Waals surface area (Å²) in [6, 6.07) is 0. The van der Waals surface area contributed by atoms with E-state index < -0.39 is 36.4 Å². The number of allylic oxidation sites excluding steroid dienone is 6. The van der Waals surface area contributed by atoms with Crippen LogP contribution in [-0.2, 0) is 19.1 Å². The quantitative estimate of drug-likeness (QED) is 0.137. The van der Waals surface area contributed by atoms with Crippen molar-refractivity contribution in [2.75, 3.05) is 13.2 Å². The number of aliphatic hydroxyl groups is 4. The molecule has 0 aromatic rings. The van der Waals surface area contributed by atoms with Gasteiger partial charge in [-0.3, -0.25) is 9.59 Å². The van der Waals surface area contributed by atoms with E-state index in [1.807, 2.05) is 0 Å². The van der Waals surface area contributed by atoms with E-state index in [1.54, 1.807) is 42.5 Å². The molecule has 0 aromatic heterocycles. The van der Waals surface area contributed by atoms with Gasteiger partial charge in [0.25, 0.3) is 0 Å². The molecule has 0 unspecified atom stereocenters. The van der Waals surface area contributed by atoms with Crippen LogP contribution in [0.2, 0.25) is 0 Å². The summed E-state index contributed by atoms with van der Waals surface area (Å²) in [7, 11) is 0. The number of unbranched alkanes of at least 4 members (excludes halogenated alkanes) is 2. The molecule has 8 heteroatoms. The Morgan fingerprint density at radius 1 is 0.788 bits per heavy atom. The van der Waals surface area contributed by atoms with Crippen LogP contribution in [0, 0.1) is 0 Å². The van der Waals surface area contributed by atoms with Crippen molar-refractivity contribution in [3.8, 4) is 0 Å². The van der Waals surface area contributed by atoms with Gasteiger partial charge in [0, 0.05) is 13.3 Å². The Morgan fingerprint density at radius 3 is 2.03 bits per heavy atom. The molecule has 0 aliphatic carbocycles. The average Bonchev–Trinajstić information content (AvgIpc) is 2.77. The lowest BCUT2D eigenvalue weighted by molar-refractivity contribution is -0.151. The monoisotopic (exact) mass is 468 g/mol. The molecule has 4 atom stereocenters. The third-order valence-corrected chi connectivity index (χ3v) is 4.49. The van der Waals surface area contributed by atoms with Crippen molar-refractivity contribution in [1.82, 2.24) is 0 Å². The molecule has 4 N–H and O–H groups in total. The van der Waals surface area contributed by atoms with E-state index in [4.69, 9.17) is 4.74 Å². The smallest absolute Gasteiger partial charge is 0.305 e. The van der Waals surface area contributed by atoms with Gasteiger partial charge in [-0.15, -0.1) is 0 Å². The summed E-state index contributed by atoms with van der Waals surface area (Å²) < 4.78 is 9.46. The second-order valence-electron chi connectivity index (χ2n) is 7.69. The second-order valence-corrected chi connectivity index (χ2v) is 7.69. The zero-order valence-corrected chi connectivity index (χ0v) is 19.7. The lowest BCUT2D eigenvalue weighted by atomic mass is 10.1. The van der Waals surface area contributed by atoms with Crippen LogP contribution >= 0.6 is 0 Å². The summed E-state index contributed by atoms with van der Waals surface area (Å²) >= 11 is 0. The van der Waals surface area contributed by atoms with Crippen molar-refractivity contribution >= 4 is 11.9 Å². The van der Waals surface area contributed by atoms with E-state index in [0.717, 1.165) is 25.7 Å². The topological polar surface area (TPSA) is 134 Å². The molecule has 0 bridgehead atoms. The average molecular weight is 469 g/mol. The van der Waals surface area contributed by atoms with Crippen LogP contribution in [0.3, 0.4) is 0 Å². The molecule has 188 valence electrons. The lowest BCUT2D eigenvalue weighted by Crippen LogP contribution is -2.25. The maximum absolute atomic E-state index is 11.6. The van der Waals surface area contributed by atoms with Gasteiger partial charge in [0.15, 0.2) is 0 Å². The molecule has 0 amide bonds. The summed E-state index contributed by atoms with van der Waals surface area (Å²) in [5.41, 5.74) is 0. The zero-order chi connectivity index (χ0) is 24.9. The second kappa shape index (κ2) is 20.4. The molecule has 8 nitrogen and oxygen atoms in total. The van der Waals surface area contributed by atoms with E-state index in [1.165, 1.54) is 13.0 Å². The van der Waals surface area contributed by atoms with Crippen molar-refractivity contribution < 1.29 is 39.5 Å². The molecule has 0 saturated carbocycles. The SMILES string of the molecule is CCCCC[C@@H](O)/C=C/C=C\C=C\C=C\[C@@H](O)[C@H](O)CCCC(=O)OC[C@@H](O)COC(C)=O. The number of hydrogen-bond donors (Lipinski definition) is 4. The highest BCUT2D eigenvalue weighted by molar-refractivity contribution is 5.69. The minimum atomic E-state index is -1.09. The molecule has 0 heterocycles. The first-order valence-corrected chi connectivity index (χ1v) is 11.5. The van der Waals surface area contributed by atoms with Gasteiger partial charge in [0.1, 0.15) is 19.3 Å². The van der Waals surface area contributed by atoms with Crippen molar-refractivity contribution in [2.45, 2.75) is 83.2 Å². The highest BCUT2D eigenvalue weighted by Crippen LogP contribution is 2.08. The highest BCUT2D eigenvalue weighted by Gasteiger charge is 2.15. The van der Waals surface area contributed by atoms with Gasteiger partial charge in [-0.05, 0) is 19.3 Å². The Morgan fingerprint density at radius 2 is 1.39 bits per heavy atom. The molecule has 0 spiro atoms. The number of aliphatic hydroxyl groups excluding tert-OH is 4. The predicted molar refractivity (Wildman–Crippen MR) is 126 cm³/mol. The maximum Gasteiger partial charge on any atom is 0.305 e. The normalized spacial score (nSPS) is 15.9. The van der Waals surface area contributed by atoms with E-state index in [2.05, 4.69) is 11.7 Å². The molecule has 0 aliphatic rings. The Labute approximate surface area is 196 Å². The Bertz CT molecular complexity index is 638. The van der Waals surface area contributed by atoms with E-state index in [9.17, 15) is 30.0 Å². The first-order chi connectivity index (χ1) is 15.8. The van der Waals surface area contributed by atoms with Crippen LogP contribution in [0.1, 0.15) is 58.8 Å². The minimum absolute atomic E-state index is 0.0271. The maximum atomic E-state index is 11.6. The summed E-state index contributed by atoms with van der Waals surface area (Å²) in [6.07, 6.45) is 14.6. The van der Waals surface area contributed by atoms with Gasteiger partial charge in [0.2, 0.25) is 0 Å². The summed E-state index contributed by atoms with van der Waals surface area (Å²) in [6.45, 7) is 2.81. The number of rotatable bonds is 18. The summed E-state index contributed by atoms with van der Waals surface area (Å²) in [4.78, 5) is 22.2. The first-order valence-electron chi connectivity index (χ1n) is 11.5. The van der Waals surface area contributed by atoms with E-state index in [-0.39, 0.29) is 26.1 Å². The van der Waals surface area contributed by atoms with E-state index in [0.29, 0.717) is 6.42 Å². The van der Waals surface area contributed by atoms with E-state index >= 15 is 0 Å². The number of ether oxygens (including phenoxy) is 2. The van der Waals surface area contributed by atoms with Crippen molar-refractivity contribution in [1.29, 1.82) is 0 Å². The lowest BCUT2D eigenvalue weighted by Gasteiger charge is -2.14. The van der Waals surface area contributed by atoms with Crippen molar-refractivity contribution in [3.05, 3.63) is 48.6 Å². The third kappa shape index (κ3) is 20.1. The number of carbonyl (C=O) groups is 2. The molecule has 0 aromatic carbocycles. The van der Waals surface area contributed by atoms with Crippen molar-refractivity contribution in [2.24, 2.45) is 0 Å². The summed E-state index contributed by atoms with van der Waals surface area (Å²) in [5, 5.41) is 39.1. The first kappa shape index (κ1) is 30.7. The van der Waals surface area contributed by atoms with Crippen LogP contribution in [0.25, 0.3) is 0 Å². The van der Waals surface area contributed by atoms with Crippen LogP contribution in [0.15, 0.2) is 48.6 Å². The van der Waals surface area contributed by atoms with Crippen LogP contribution in [0.4, 0.5) is 0 Å². The largest absolute Gasteiger partial charge is 0.463 e. The van der Waals surface area contributed by atoms with Gasteiger partial charge in [-0.25, -0.2) is 0 Å². The number of carbonyl (C=O) groups excluding carboxylic acids is 2. The zero-order valence-electron chi connectivity index (χ0n) is 19.7. The molecule has 0 saturated heterocycles. The fraction of sp³-hybridized carbons (Fsp3) is 0.600. The molecule has 0 fully saturated rings. The molecule has 0 radical (unpaired) electrons. The van der Waals surface area contributed by atoms with Gasteiger partial charge in [0.05, 0.1) is 18.3 Å². The molecule has 0 aliphatic heterocycles. The van der Waals surface area contributed by atoms with Gasteiger partial charge < -0.3 is 29.9 Å². The Balaban J connectivity index is 4.01. The molecule has 33 heavy (non-hydrogen) atoms. The number of esters is 2. The molecular weight excluding hydrogens is 428 g/mol. The Hall–Kier alpha value is -2.26.